The van der Waals surface area contributed by atoms with E-state index >= 15 is 0 Å². The van der Waals surface area contributed by atoms with E-state index in [9.17, 15) is 21.6 Å². The molecule has 0 atom stereocenters. The molecule has 0 heterocycles. The molecule has 0 amide bonds. The third kappa shape index (κ3) is 3.55. The highest BCUT2D eigenvalue weighted by Gasteiger charge is 2.34. The third-order valence-electron chi connectivity index (χ3n) is 2.89. The molecule has 0 bridgehead atoms. The van der Waals surface area contributed by atoms with E-state index in [-0.39, 0.29) is 5.75 Å². The van der Waals surface area contributed by atoms with Crippen LogP contribution in [0.2, 0.25) is 0 Å². The fourth-order valence-electron chi connectivity index (χ4n) is 1.85. The molecule has 3 nitrogen and oxygen atoms in total. The summed E-state index contributed by atoms with van der Waals surface area (Å²) in [5.74, 6) is -0.366. The van der Waals surface area contributed by atoms with E-state index < -0.39 is 32.2 Å². The monoisotopic (exact) mass is 315 g/mol. The Morgan fingerprint density at radius 3 is 2.19 bits per heavy atom. The molecule has 0 aliphatic heterocycles. The highest BCUT2D eigenvalue weighted by atomic mass is 32.2. The number of hydrogen-bond donors (Lipinski definition) is 1. The second-order valence-electron chi connectivity index (χ2n) is 4.49. The molecule has 21 heavy (non-hydrogen) atoms. The van der Waals surface area contributed by atoms with Gasteiger partial charge in [0.2, 0.25) is 0 Å². The zero-order chi connectivity index (χ0) is 15.7. The van der Waals surface area contributed by atoms with Crippen LogP contribution in [0.15, 0.2) is 53.4 Å². The average Bonchev–Trinajstić information content (AvgIpc) is 2.38. The molecule has 0 aliphatic carbocycles. The number of halogens is 3. The van der Waals surface area contributed by atoms with Crippen molar-refractivity contribution < 1.29 is 21.6 Å². The molecule has 7 heteroatoms. The van der Waals surface area contributed by atoms with Gasteiger partial charge in [0.1, 0.15) is 0 Å². The van der Waals surface area contributed by atoms with Crippen LogP contribution in [0, 0.1) is 0 Å². The van der Waals surface area contributed by atoms with E-state index in [1.165, 1.54) is 0 Å². The number of rotatable bonds is 3. The number of alkyl halides is 3. The molecule has 112 valence electrons. The summed E-state index contributed by atoms with van der Waals surface area (Å²) in [7, 11) is -3.87. The van der Waals surface area contributed by atoms with Gasteiger partial charge in [-0.1, -0.05) is 30.3 Å². The average molecular weight is 315 g/mol. The van der Waals surface area contributed by atoms with Gasteiger partial charge in [0.25, 0.3) is 0 Å². The third-order valence-corrected chi connectivity index (χ3v) is 4.57. The van der Waals surface area contributed by atoms with Gasteiger partial charge in [0, 0.05) is 5.69 Å². The Kier molecular flexibility index (Phi) is 3.95. The second kappa shape index (κ2) is 5.40. The summed E-state index contributed by atoms with van der Waals surface area (Å²) < 4.78 is 62.7. The molecular formula is C14H12F3NO2S. The van der Waals surface area contributed by atoms with Crippen LogP contribution in [-0.4, -0.2) is 8.42 Å². The topological polar surface area (TPSA) is 60.2 Å². The molecule has 0 aliphatic rings. The number of nitrogen functional groups attached to an aromatic ring is 1. The molecular weight excluding hydrogens is 303 g/mol. The number of hydrogen-bond acceptors (Lipinski definition) is 3. The normalized spacial score (nSPS) is 12.3. The molecule has 0 unspecified atom stereocenters. The maximum atomic E-state index is 12.8. The van der Waals surface area contributed by atoms with Gasteiger partial charge in [-0.05, 0) is 23.8 Å². The summed E-state index contributed by atoms with van der Waals surface area (Å²) in [5, 5.41) is 0. The van der Waals surface area contributed by atoms with Crippen LogP contribution in [0.4, 0.5) is 18.9 Å². The van der Waals surface area contributed by atoms with E-state index in [4.69, 9.17) is 5.73 Å². The maximum absolute atomic E-state index is 12.8. The van der Waals surface area contributed by atoms with E-state index in [1.54, 1.807) is 30.3 Å². The second-order valence-corrected chi connectivity index (χ2v) is 6.48. The lowest BCUT2D eigenvalue weighted by molar-refractivity contribution is -0.137. The zero-order valence-corrected chi connectivity index (χ0v) is 11.6. The van der Waals surface area contributed by atoms with Crippen LogP contribution in [0.1, 0.15) is 11.1 Å². The smallest absolute Gasteiger partial charge is 0.398 e. The highest BCUT2D eigenvalue weighted by molar-refractivity contribution is 7.90. The minimum atomic E-state index is -4.69. The summed E-state index contributed by atoms with van der Waals surface area (Å²) in [4.78, 5) is -0.395. The van der Waals surface area contributed by atoms with Gasteiger partial charge in [0.15, 0.2) is 9.84 Å². The molecule has 2 rings (SSSR count). The molecule has 0 radical (unpaired) electrons. The Labute approximate surface area is 120 Å². The number of nitrogens with two attached hydrogens (primary N) is 1. The molecule has 0 aromatic heterocycles. The number of benzene rings is 2. The van der Waals surface area contributed by atoms with Crippen molar-refractivity contribution in [2.24, 2.45) is 0 Å². The molecule has 2 aromatic carbocycles. The van der Waals surface area contributed by atoms with Crippen molar-refractivity contribution in [1.82, 2.24) is 0 Å². The van der Waals surface area contributed by atoms with Crippen LogP contribution >= 0.6 is 0 Å². The van der Waals surface area contributed by atoms with Gasteiger partial charge in [-0.25, -0.2) is 8.42 Å². The first-order chi connectivity index (χ1) is 9.70. The van der Waals surface area contributed by atoms with Gasteiger partial charge in [-0.15, -0.1) is 0 Å². The van der Waals surface area contributed by atoms with Crippen LogP contribution in [0.5, 0.6) is 0 Å². The Morgan fingerprint density at radius 1 is 1.00 bits per heavy atom. The zero-order valence-electron chi connectivity index (χ0n) is 10.8. The summed E-state index contributed by atoms with van der Waals surface area (Å²) in [6.07, 6.45) is -4.69. The molecule has 2 aromatic rings. The standard InChI is InChI=1S/C14H12F3NO2S/c15-14(16,17)12-8-11(6-7-13(12)18)21(19,20)9-10-4-2-1-3-5-10/h1-8H,9,18H2. The van der Waals surface area contributed by atoms with E-state index in [0.717, 1.165) is 12.1 Å². The minimum Gasteiger partial charge on any atom is -0.398 e. The Balaban J connectivity index is 2.42. The summed E-state index contributed by atoms with van der Waals surface area (Å²) in [6.45, 7) is 0. The SMILES string of the molecule is Nc1ccc(S(=O)(=O)Cc2ccccc2)cc1C(F)(F)F. The first-order valence-corrected chi connectivity index (χ1v) is 7.59. The summed E-state index contributed by atoms with van der Waals surface area (Å²) in [5.41, 5.74) is 4.12. The van der Waals surface area contributed by atoms with Crippen LogP contribution in [-0.2, 0) is 21.8 Å². The van der Waals surface area contributed by atoms with Crippen molar-refractivity contribution in [3.63, 3.8) is 0 Å². The quantitative estimate of drug-likeness (QED) is 0.884. The van der Waals surface area contributed by atoms with Crippen molar-refractivity contribution in [2.75, 3.05) is 5.73 Å². The Morgan fingerprint density at radius 2 is 1.62 bits per heavy atom. The van der Waals surface area contributed by atoms with E-state index in [2.05, 4.69) is 0 Å². The van der Waals surface area contributed by atoms with Gasteiger partial charge in [-0.2, -0.15) is 13.2 Å². The molecule has 0 fully saturated rings. The fourth-order valence-corrected chi connectivity index (χ4v) is 3.22. The van der Waals surface area contributed by atoms with Crippen molar-refractivity contribution in [3.05, 3.63) is 59.7 Å². The maximum Gasteiger partial charge on any atom is 0.418 e. The first kappa shape index (κ1) is 15.4. The molecule has 0 saturated heterocycles. The molecule has 2 N–H and O–H groups in total. The predicted octanol–water partition coefficient (Wildman–Crippen LogP) is 3.26. The van der Waals surface area contributed by atoms with Crippen molar-refractivity contribution in [1.29, 1.82) is 0 Å². The largest absolute Gasteiger partial charge is 0.418 e. The Bertz CT molecular complexity index is 741. The fraction of sp³-hybridized carbons (Fsp3) is 0.143. The first-order valence-electron chi connectivity index (χ1n) is 5.93. The highest BCUT2D eigenvalue weighted by Crippen LogP contribution is 2.35. The summed E-state index contributed by atoms with van der Waals surface area (Å²) >= 11 is 0. The minimum absolute atomic E-state index is 0.366. The van der Waals surface area contributed by atoms with E-state index in [1.807, 2.05) is 0 Å². The predicted molar refractivity (Wildman–Crippen MR) is 73.2 cm³/mol. The van der Waals surface area contributed by atoms with E-state index in [0.29, 0.717) is 11.6 Å². The summed E-state index contributed by atoms with van der Waals surface area (Å²) in [6, 6.07) is 10.9. The molecule has 0 saturated carbocycles. The van der Waals surface area contributed by atoms with Crippen molar-refractivity contribution in [2.45, 2.75) is 16.8 Å². The lowest BCUT2D eigenvalue weighted by Gasteiger charge is -2.12. The van der Waals surface area contributed by atoms with Gasteiger partial charge in [0.05, 0.1) is 16.2 Å². The van der Waals surface area contributed by atoms with Crippen LogP contribution in [0.3, 0.4) is 0 Å². The lowest BCUT2D eigenvalue weighted by Crippen LogP contribution is -2.12. The van der Waals surface area contributed by atoms with Crippen LogP contribution in [0.25, 0.3) is 0 Å². The van der Waals surface area contributed by atoms with Gasteiger partial charge < -0.3 is 5.73 Å². The van der Waals surface area contributed by atoms with Crippen molar-refractivity contribution in [3.8, 4) is 0 Å². The lowest BCUT2D eigenvalue weighted by atomic mass is 10.2. The number of sulfone groups is 1. The van der Waals surface area contributed by atoms with Crippen molar-refractivity contribution >= 4 is 15.5 Å². The Hall–Kier alpha value is -2.02. The number of anilines is 1. The molecule has 0 spiro atoms. The van der Waals surface area contributed by atoms with Crippen LogP contribution < -0.4 is 5.73 Å². The van der Waals surface area contributed by atoms with Gasteiger partial charge in [-0.3, -0.25) is 0 Å². The van der Waals surface area contributed by atoms with Gasteiger partial charge >= 0.3 is 6.18 Å².